The number of hydrogen-bond acceptors (Lipinski definition) is 4. The van der Waals surface area contributed by atoms with E-state index in [0.29, 0.717) is 19.0 Å². The SMILES string of the molecule is NCCOc1ccc(C(=O)O)cn1. The Hall–Kier alpha value is -1.62. The van der Waals surface area contributed by atoms with Gasteiger partial charge in [0.05, 0.1) is 5.56 Å². The van der Waals surface area contributed by atoms with E-state index in [4.69, 9.17) is 15.6 Å². The number of hydrogen-bond donors (Lipinski definition) is 2. The minimum absolute atomic E-state index is 0.139. The van der Waals surface area contributed by atoms with Gasteiger partial charge in [-0.25, -0.2) is 9.78 Å². The van der Waals surface area contributed by atoms with Crippen LogP contribution in [-0.4, -0.2) is 29.2 Å². The Kier molecular flexibility index (Phi) is 3.22. The van der Waals surface area contributed by atoms with Crippen molar-refractivity contribution >= 4 is 5.97 Å². The molecule has 0 bridgehead atoms. The molecule has 1 aromatic heterocycles. The molecule has 70 valence electrons. The summed E-state index contributed by atoms with van der Waals surface area (Å²) in [6, 6.07) is 2.93. The first-order chi connectivity index (χ1) is 6.24. The van der Waals surface area contributed by atoms with E-state index in [1.54, 1.807) is 0 Å². The highest BCUT2D eigenvalue weighted by atomic mass is 16.5. The van der Waals surface area contributed by atoms with Crippen LogP contribution in [0.1, 0.15) is 10.4 Å². The zero-order valence-electron chi connectivity index (χ0n) is 6.93. The van der Waals surface area contributed by atoms with Crippen LogP contribution in [0.15, 0.2) is 18.3 Å². The lowest BCUT2D eigenvalue weighted by Crippen LogP contribution is -2.11. The first-order valence-electron chi connectivity index (χ1n) is 3.76. The van der Waals surface area contributed by atoms with Gasteiger partial charge in [0.2, 0.25) is 5.88 Å². The molecule has 0 unspecified atom stereocenters. The van der Waals surface area contributed by atoms with Gasteiger partial charge in [-0.1, -0.05) is 0 Å². The van der Waals surface area contributed by atoms with Crippen LogP contribution in [0.4, 0.5) is 0 Å². The Bertz CT molecular complexity index is 284. The lowest BCUT2D eigenvalue weighted by molar-refractivity contribution is 0.0696. The van der Waals surface area contributed by atoms with Crippen molar-refractivity contribution in [2.24, 2.45) is 5.73 Å². The van der Waals surface area contributed by atoms with E-state index in [1.807, 2.05) is 0 Å². The highest BCUT2D eigenvalue weighted by molar-refractivity contribution is 5.87. The van der Waals surface area contributed by atoms with E-state index >= 15 is 0 Å². The molecule has 1 heterocycles. The number of aromatic nitrogens is 1. The molecule has 5 heteroatoms. The molecule has 1 aromatic rings. The van der Waals surface area contributed by atoms with E-state index in [0.717, 1.165) is 0 Å². The van der Waals surface area contributed by atoms with Gasteiger partial charge in [0.15, 0.2) is 0 Å². The van der Waals surface area contributed by atoms with Gasteiger partial charge in [0.25, 0.3) is 0 Å². The van der Waals surface area contributed by atoms with Crippen LogP contribution >= 0.6 is 0 Å². The predicted octanol–water partition coefficient (Wildman–Crippen LogP) is 0.117. The maximum absolute atomic E-state index is 10.4. The number of pyridine rings is 1. The fraction of sp³-hybridized carbons (Fsp3) is 0.250. The molecule has 0 saturated carbocycles. The fourth-order valence-electron chi connectivity index (χ4n) is 0.756. The smallest absolute Gasteiger partial charge is 0.337 e. The van der Waals surface area contributed by atoms with Gasteiger partial charge in [-0.3, -0.25) is 0 Å². The maximum Gasteiger partial charge on any atom is 0.337 e. The number of carboxylic acid groups (broad SMARTS) is 1. The minimum Gasteiger partial charge on any atom is -0.478 e. The standard InChI is InChI=1S/C8H10N2O3/c9-3-4-13-7-2-1-6(5-10-7)8(11)12/h1-2,5H,3-4,9H2,(H,11,12). The van der Waals surface area contributed by atoms with Crippen LogP contribution in [0.2, 0.25) is 0 Å². The molecule has 0 aliphatic rings. The molecule has 0 spiro atoms. The molecule has 0 aromatic carbocycles. The van der Waals surface area contributed by atoms with Crippen LogP contribution in [0.3, 0.4) is 0 Å². The van der Waals surface area contributed by atoms with Gasteiger partial charge >= 0.3 is 5.97 Å². The molecule has 5 nitrogen and oxygen atoms in total. The highest BCUT2D eigenvalue weighted by Crippen LogP contribution is 2.06. The summed E-state index contributed by atoms with van der Waals surface area (Å²) in [5.41, 5.74) is 5.35. The topological polar surface area (TPSA) is 85.4 Å². The summed E-state index contributed by atoms with van der Waals surface area (Å²) in [5, 5.41) is 8.55. The van der Waals surface area contributed by atoms with Crippen LogP contribution in [0, 0.1) is 0 Å². The summed E-state index contributed by atoms with van der Waals surface area (Å²) in [6.07, 6.45) is 1.24. The summed E-state index contributed by atoms with van der Waals surface area (Å²) in [4.78, 5) is 14.2. The Balaban J connectivity index is 2.64. The van der Waals surface area contributed by atoms with Crippen molar-refractivity contribution in [2.75, 3.05) is 13.2 Å². The molecule has 0 atom stereocenters. The number of rotatable bonds is 4. The van der Waals surface area contributed by atoms with Gasteiger partial charge in [0, 0.05) is 18.8 Å². The fourth-order valence-corrected chi connectivity index (χ4v) is 0.756. The molecule has 1 rings (SSSR count). The van der Waals surface area contributed by atoms with Crippen molar-refractivity contribution in [1.82, 2.24) is 4.98 Å². The minimum atomic E-state index is -1.00. The van der Waals surface area contributed by atoms with Crippen molar-refractivity contribution < 1.29 is 14.6 Å². The Morgan fingerprint density at radius 3 is 2.85 bits per heavy atom. The van der Waals surface area contributed by atoms with Crippen LogP contribution in [-0.2, 0) is 0 Å². The highest BCUT2D eigenvalue weighted by Gasteiger charge is 2.02. The number of carbonyl (C=O) groups is 1. The summed E-state index contributed by atoms with van der Waals surface area (Å²) < 4.78 is 5.06. The Morgan fingerprint density at radius 1 is 1.62 bits per heavy atom. The Morgan fingerprint density at radius 2 is 2.38 bits per heavy atom. The molecule has 0 fully saturated rings. The molecule has 3 N–H and O–H groups in total. The average molecular weight is 182 g/mol. The zero-order chi connectivity index (χ0) is 9.68. The second-order valence-electron chi connectivity index (χ2n) is 2.33. The van der Waals surface area contributed by atoms with Gasteiger partial charge in [-0.2, -0.15) is 0 Å². The van der Waals surface area contributed by atoms with Gasteiger partial charge in [-0.05, 0) is 6.07 Å². The van der Waals surface area contributed by atoms with Gasteiger partial charge < -0.3 is 15.6 Å². The van der Waals surface area contributed by atoms with E-state index < -0.39 is 5.97 Å². The normalized spacial score (nSPS) is 9.62. The molecule has 0 amide bonds. The summed E-state index contributed by atoms with van der Waals surface area (Å²) in [5.74, 6) is -0.617. The lowest BCUT2D eigenvalue weighted by Gasteiger charge is -2.02. The second-order valence-corrected chi connectivity index (χ2v) is 2.33. The maximum atomic E-state index is 10.4. The van der Waals surface area contributed by atoms with Crippen LogP contribution in [0.5, 0.6) is 5.88 Å². The van der Waals surface area contributed by atoms with E-state index in [-0.39, 0.29) is 5.56 Å². The summed E-state index contributed by atoms with van der Waals surface area (Å²) >= 11 is 0. The van der Waals surface area contributed by atoms with Crippen molar-refractivity contribution in [3.8, 4) is 5.88 Å². The first kappa shape index (κ1) is 9.47. The third kappa shape index (κ3) is 2.72. The zero-order valence-corrected chi connectivity index (χ0v) is 6.93. The number of carboxylic acids is 1. The predicted molar refractivity (Wildman–Crippen MR) is 45.7 cm³/mol. The molecule has 0 aliphatic carbocycles. The summed E-state index contributed by atoms with van der Waals surface area (Å²) in [6.45, 7) is 0.780. The molecule has 0 radical (unpaired) electrons. The van der Waals surface area contributed by atoms with Crippen molar-refractivity contribution in [1.29, 1.82) is 0 Å². The number of nitrogens with two attached hydrogens (primary N) is 1. The van der Waals surface area contributed by atoms with E-state index in [9.17, 15) is 4.79 Å². The molecule has 13 heavy (non-hydrogen) atoms. The molecule has 0 aliphatic heterocycles. The van der Waals surface area contributed by atoms with Crippen molar-refractivity contribution in [2.45, 2.75) is 0 Å². The van der Waals surface area contributed by atoms with Crippen LogP contribution < -0.4 is 10.5 Å². The van der Waals surface area contributed by atoms with E-state index in [2.05, 4.69) is 4.98 Å². The van der Waals surface area contributed by atoms with Gasteiger partial charge in [0.1, 0.15) is 6.61 Å². The average Bonchev–Trinajstić information content (AvgIpc) is 2.15. The van der Waals surface area contributed by atoms with E-state index in [1.165, 1.54) is 18.3 Å². The van der Waals surface area contributed by atoms with Crippen LogP contribution in [0.25, 0.3) is 0 Å². The molecular formula is C8H10N2O3. The lowest BCUT2D eigenvalue weighted by atomic mass is 10.3. The monoisotopic (exact) mass is 182 g/mol. The number of ether oxygens (including phenoxy) is 1. The quantitative estimate of drug-likeness (QED) is 0.690. The third-order valence-corrected chi connectivity index (χ3v) is 1.35. The number of aromatic carboxylic acids is 1. The molecule has 0 saturated heterocycles. The largest absolute Gasteiger partial charge is 0.478 e. The number of nitrogens with zero attached hydrogens (tertiary/aromatic N) is 1. The Labute approximate surface area is 75.2 Å². The van der Waals surface area contributed by atoms with Crippen molar-refractivity contribution in [3.05, 3.63) is 23.9 Å². The molecular weight excluding hydrogens is 172 g/mol. The van der Waals surface area contributed by atoms with Gasteiger partial charge in [-0.15, -0.1) is 0 Å². The first-order valence-corrected chi connectivity index (χ1v) is 3.76. The second kappa shape index (κ2) is 4.42. The van der Waals surface area contributed by atoms with Crippen molar-refractivity contribution in [3.63, 3.8) is 0 Å². The summed E-state index contributed by atoms with van der Waals surface area (Å²) in [7, 11) is 0. The third-order valence-electron chi connectivity index (χ3n) is 1.35.